The average molecular weight is 367 g/mol. The third-order valence-corrected chi connectivity index (χ3v) is 4.83. The Hall–Kier alpha value is -3.15. The van der Waals surface area contributed by atoms with Crippen molar-refractivity contribution in [2.24, 2.45) is 0 Å². The van der Waals surface area contributed by atoms with Crippen LogP contribution in [0.4, 0.5) is 8.78 Å². The molecule has 0 atom stereocenters. The van der Waals surface area contributed by atoms with Gasteiger partial charge in [0.1, 0.15) is 17.3 Å². The largest absolute Gasteiger partial charge is 0.356 e. The highest BCUT2D eigenvalue weighted by Crippen LogP contribution is 2.26. The van der Waals surface area contributed by atoms with E-state index < -0.39 is 11.6 Å². The summed E-state index contributed by atoms with van der Waals surface area (Å²) in [5.41, 5.74) is 4.38. The molecule has 2 aromatic carbocycles. The molecule has 0 saturated heterocycles. The van der Waals surface area contributed by atoms with Gasteiger partial charge in [0.05, 0.1) is 5.52 Å². The zero-order chi connectivity index (χ0) is 19.1. The third-order valence-electron chi connectivity index (χ3n) is 4.83. The molecule has 1 amide bonds. The second kappa shape index (κ2) is 6.54. The molecule has 0 aliphatic heterocycles. The van der Waals surface area contributed by atoms with Crippen molar-refractivity contribution in [1.82, 2.24) is 15.3 Å². The number of aromatic nitrogens is 2. The summed E-state index contributed by atoms with van der Waals surface area (Å²) < 4.78 is 27.5. The van der Waals surface area contributed by atoms with Crippen molar-refractivity contribution in [3.63, 3.8) is 0 Å². The standard InChI is InChI=1S/C21H19F2N3O/c1-11-3-4-13-8-19(26-18(13)7-11)21(27)24-6-5-15-12(2)25-20-16(15)9-14(22)10-17(20)23/h3-4,7-10,25-26H,5-6H2,1-2H3,(H,24,27). The molecular formula is C21H19F2N3O. The fraction of sp³-hybridized carbons (Fsp3) is 0.190. The number of fused-ring (bicyclic) bond motifs is 2. The summed E-state index contributed by atoms with van der Waals surface area (Å²) in [6.07, 6.45) is 0.472. The Balaban J connectivity index is 1.50. The molecule has 2 heterocycles. The summed E-state index contributed by atoms with van der Waals surface area (Å²) in [7, 11) is 0. The van der Waals surface area contributed by atoms with Gasteiger partial charge in [0.25, 0.3) is 5.91 Å². The average Bonchev–Trinajstić information content (AvgIpc) is 3.16. The Morgan fingerprint density at radius 3 is 2.70 bits per heavy atom. The van der Waals surface area contributed by atoms with Crippen molar-refractivity contribution in [3.05, 3.63) is 70.5 Å². The van der Waals surface area contributed by atoms with E-state index >= 15 is 0 Å². The first-order valence-corrected chi connectivity index (χ1v) is 8.76. The summed E-state index contributed by atoms with van der Waals surface area (Å²) in [5.74, 6) is -1.44. The molecule has 0 bridgehead atoms. The smallest absolute Gasteiger partial charge is 0.267 e. The Labute approximate surface area is 154 Å². The van der Waals surface area contributed by atoms with E-state index in [1.165, 1.54) is 6.07 Å². The van der Waals surface area contributed by atoms with Crippen molar-refractivity contribution >= 4 is 27.7 Å². The lowest BCUT2D eigenvalue weighted by atomic mass is 10.1. The number of rotatable bonds is 4. The summed E-state index contributed by atoms with van der Waals surface area (Å²) >= 11 is 0. The number of nitrogens with one attached hydrogen (secondary N) is 3. The van der Waals surface area contributed by atoms with Crippen LogP contribution in [-0.2, 0) is 6.42 Å². The summed E-state index contributed by atoms with van der Waals surface area (Å²) in [6.45, 7) is 4.17. The van der Waals surface area contributed by atoms with Gasteiger partial charge in [0.15, 0.2) is 0 Å². The lowest BCUT2D eigenvalue weighted by Gasteiger charge is -2.05. The Bertz CT molecular complexity index is 1170. The maximum Gasteiger partial charge on any atom is 0.267 e. The highest BCUT2D eigenvalue weighted by Gasteiger charge is 2.14. The molecule has 0 unspecified atom stereocenters. The van der Waals surface area contributed by atoms with Crippen molar-refractivity contribution in [1.29, 1.82) is 0 Å². The molecule has 4 aromatic rings. The fourth-order valence-corrected chi connectivity index (χ4v) is 3.49. The van der Waals surface area contributed by atoms with Crippen LogP contribution < -0.4 is 5.32 Å². The van der Waals surface area contributed by atoms with Gasteiger partial charge in [-0.15, -0.1) is 0 Å². The maximum absolute atomic E-state index is 13.9. The second-order valence-corrected chi connectivity index (χ2v) is 6.82. The predicted octanol–water partition coefficient (Wildman–Crippen LogP) is 4.52. The van der Waals surface area contributed by atoms with Crippen LogP contribution in [0.15, 0.2) is 36.4 Å². The number of hydrogen-bond donors (Lipinski definition) is 3. The monoisotopic (exact) mass is 367 g/mol. The third kappa shape index (κ3) is 3.18. The zero-order valence-corrected chi connectivity index (χ0v) is 15.0. The molecule has 0 radical (unpaired) electrons. The molecule has 0 fully saturated rings. The zero-order valence-electron chi connectivity index (χ0n) is 15.0. The van der Waals surface area contributed by atoms with E-state index in [0.29, 0.717) is 29.6 Å². The van der Waals surface area contributed by atoms with Crippen LogP contribution in [-0.4, -0.2) is 22.4 Å². The summed E-state index contributed by atoms with van der Waals surface area (Å²) in [4.78, 5) is 18.5. The highest BCUT2D eigenvalue weighted by atomic mass is 19.1. The van der Waals surface area contributed by atoms with Gasteiger partial charge < -0.3 is 15.3 Å². The quantitative estimate of drug-likeness (QED) is 0.488. The van der Waals surface area contributed by atoms with Crippen LogP contribution in [0.2, 0.25) is 0 Å². The van der Waals surface area contributed by atoms with E-state index in [1.54, 1.807) is 0 Å². The van der Waals surface area contributed by atoms with Gasteiger partial charge in [-0.05, 0) is 49.6 Å². The van der Waals surface area contributed by atoms with Crippen molar-refractivity contribution in [2.45, 2.75) is 20.3 Å². The van der Waals surface area contributed by atoms with Crippen molar-refractivity contribution in [3.8, 4) is 0 Å². The molecule has 4 nitrogen and oxygen atoms in total. The lowest BCUT2D eigenvalue weighted by molar-refractivity contribution is 0.0950. The van der Waals surface area contributed by atoms with Crippen LogP contribution >= 0.6 is 0 Å². The number of aryl methyl sites for hydroxylation is 2. The van der Waals surface area contributed by atoms with Gasteiger partial charge in [-0.2, -0.15) is 0 Å². The number of carbonyl (C=O) groups is 1. The number of H-pyrrole nitrogens is 2. The molecule has 27 heavy (non-hydrogen) atoms. The Kier molecular flexibility index (Phi) is 4.18. The molecule has 0 aliphatic rings. The molecule has 0 spiro atoms. The van der Waals surface area contributed by atoms with E-state index in [-0.39, 0.29) is 5.91 Å². The molecule has 6 heteroatoms. The SMILES string of the molecule is Cc1ccc2cc(C(=O)NCCc3c(C)[nH]c4c(F)cc(F)cc34)[nH]c2c1. The van der Waals surface area contributed by atoms with E-state index in [1.807, 2.05) is 38.1 Å². The summed E-state index contributed by atoms with van der Waals surface area (Å²) in [5, 5.41) is 4.35. The number of benzene rings is 2. The van der Waals surface area contributed by atoms with E-state index in [0.717, 1.165) is 33.8 Å². The minimum Gasteiger partial charge on any atom is -0.356 e. The first-order valence-electron chi connectivity index (χ1n) is 8.76. The Morgan fingerprint density at radius 2 is 1.89 bits per heavy atom. The van der Waals surface area contributed by atoms with Crippen LogP contribution in [0.1, 0.15) is 27.3 Å². The van der Waals surface area contributed by atoms with Gasteiger partial charge in [-0.3, -0.25) is 4.79 Å². The van der Waals surface area contributed by atoms with Gasteiger partial charge in [0, 0.05) is 34.6 Å². The number of carbonyl (C=O) groups excluding carboxylic acids is 1. The van der Waals surface area contributed by atoms with Crippen molar-refractivity contribution < 1.29 is 13.6 Å². The first kappa shape index (κ1) is 17.3. The van der Waals surface area contributed by atoms with Gasteiger partial charge in [-0.1, -0.05) is 12.1 Å². The lowest BCUT2D eigenvalue weighted by Crippen LogP contribution is -2.26. The minimum atomic E-state index is -0.614. The normalized spacial score (nSPS) is 11.4. The van der Waals surface area contributed by atoms with Crippen molar-refractivity contribution in [2.75, 3.05) is 6.54 Å². The number of aromatic amines is 2. The molecular weight excluding hydrogens is 348 g/mol. The van der Waals surface area contributed by atoms with E-state index in [4.69, 9.17) is 0 Å². The molecule has 138 valence electrons. The molecule has 2 aromatic heterocycles. The fourth-order valence-electron chi connectivity index (χ4n) is 3.49. The molecule has 0 aliphatic carbocycles. The first-order chi connectivity index (χ1) is 12.9. The summed E-state index contributed by atoms with van der Waals surface area (Å²) in [6, 6.07) is 9.95. The highest BCUT2D eigenvalue weighted by molar-refractivity contribution is 5.98. The van der Waals surface area contributed by atoms with Crippen LogP contribution in [0.25, 0.3) is 21.8 Å². The van der Waals surface area contributed by atoms with E-state index in [2.05, 4.69) is 15.3 Å². The molecule has 3 N–H and O–H groups in total. The van der Waals surface area contributed by atoms with Gasteiger partial charge >= 0.3 is 0 Å². The number of hydrogen-bond acceptors (Lipinski definition) is 1. The van der Waals surface area contributed by atoms with Crippen LogP contribution in [0.3, 0.4) is 0 Å². The topological polar surface area (TPSA) is 60.7 Å². The minimum absolute atomic E-state index is 0.210. The second-order valence-electron chi connectivity index (χ2n) is 6.82. The molecule has 0 saturated carbocycles. The number of halogens is 2. The van der Waals surface area contributed by atoms with Gasteiger partial charge in [-0.25, -0.2) is 8.78 Å². The molecule has 4 rings (SSSR count). The van der Waals surface area contributed by atoms with Crippen LogP contribution in [0, 0.1) is 25.5 Å². The maximum atomic E-state index is 13.9. The van der Waals surface area contributed by atoms with Gasteiger partial charge in [0.2, 0.25) is 0 Å². The van der Waals surface area contributed by atoms with E-state index in [9.17, 15) is 13.6 Å². The predicted molar refractivity (Wildman–Crippen MR) is 102 cm³/mol. The number of amides is 1. The Morgan fingerprint density at radius 1 is 1.07 bits per heavy atom. The van der Waals surface area contributed by atoms with Crippen LogP contribution in [0.5, 0.6) is 0 Å².